The number of nitrogens with zero attached hydrogens (tertiary/aromatic N) is 4. The average molecular weight is 487 g/mol. The molecule has 4 rings (SSSR count). The normalized spacial score (nSPS) is 13.3. The van der Waals surface area contributed by atoms with Crippen molar-refractivity contribution in [3.8, 4) is 12.1 Å². The minimum absolute atomic E-state index is 0.257. The summed E-state index contributed by atoms with van der Waals surface area (Å²) < 4.78 is 28.5. The van der Waals surface area contributed by atoms with Gasteiger partial charge in [-0.2, -0.15) is 18.9 Å². The molecule has 0 aliphatic carbocycles. The van der Waals surface area contributed by atoms with Crippen molar-refractivity contribution in [1.29, 1.82) is 10.5 Å². The minimum atomic E-state index is -4.25. The van der Waals surface area contributed by atoms with E-state index in [9.17, 15) is 18.0 Å². The summed E-state index contributed by atoms with van der Waals surface area (Å²) in [5.41, 5.74) is 1.92. The van der Waals surface area contributed by atoms with Crippen molar-refractivity contribution in [2.24, 2.45) is 0 Å². The van der Waals surface area contributed by atoms with Crippen LogP contribution in [-0.4, -0.2) is 33.3 Å². The lowest BCUT2D eigenvalue weighted by Crippen LogP contribution is -2.44. The van der Waals surface area contributed by atoms with E-state index in [0.29, 0.717) is 22.5 Å². The largest absolute Gasteiger partial charge is 0.327 e. The monoisotopic (exact) mass is 486 g/mol. The molecular formula is C24H18N6O4S. The number of nitrogens with one attached hydrogen (secondary N) is 2. The van der Waals surface area contributed by atoms with Crippen LogP contribution in [0.15, 0.2) is 72.8 Å². The summed E-state index contributed by atoms with van der Waals surface area (Å²) in [6, 6.07) is 22.8. The Morgan fingerprint density at radius 1 is 0.714 bits per heavy atom. The molecule has 11 heteroatoms. The predicted octanol–water partition coefficient (Wildman–Crippen LogP) is 2.58. The second kappa shape index (κ2) is 9.55. The lowest BCUT2D eigenvalue weighted by Gasteiger charge is -2.21. The Bertz CT molecular complexity index is 1400. The highest BCUT2D eigenvalue weighted by atomic mass is 32.2. The van der Waals surface area contributed by atoms with E-state index in [1.54, 1.807) is 60.7 Å². The summed E-state index contributed by atoms with van der Waals surface area (Å²) in [6.45, 7) is -1.06. The Kier molecular flexibility index (Phi) is 6.36. The Morgan fingerprint density at radius 2 is 1.14 bits per heavy atom. The fraction of sp³-hybridized carbons (Fsp3) is 0.0833. The predicted molar refractivity (Wildman–Crippen MR) is 130 cm³/mol. The van der Waals surface area contributed by atoms with Crippen LogP contribution in [-0.2, 0) is 19.8 Å². The van der Waals surface area contributed by atoms with Crippen molar-refractivity contribution in [1.82, 2.24) is 0 Å². The van der Waals surface area contributed by atoms with Gasteiger partial charge in [-0.25, -0.2) is 8.61 Å². The van der Waals surface area contributed by atoms with Gasteiger partial charge in [-0.1, -0.05) is 24.3 Å². The van der Waals surface area contributed by atoms with Crippen molar-refractivity contribution < 1.29 is 18.0 Å². The maximum atomic E-state index is 13.3. The van der Waals surface area contributed by atoms with Crippen molar-refractivity contribution in [2.45, 2.75) is 0 Å². The number of hydrogen-bond acceptors (Lipinski definition) is 6. The number of hydrogen-bond donors (Lipinski definition) is 2. The van der Waals surface area contributed by atoms with E-state index < -0.39 is 35.1 Å². The molecule has 0 bridgehead atoms. The van der Waals surface area contributed by atoms with Crippen molar-refractivity contribution in [2.75, 3.05) is 32.3 Å². The zero-order valence-electron chi connectivity index (χ0n) is 18.2. The fourth-order valence-electron chi connectivity index (χ4n) is 3.58. The standard InChI is InChI=1S/C24H18N6O4S/c25-13-17-5-3-7-19(11-17)27-23(31)15-29-21-9-1-2-10-22(21)30(35(29,33)34)16-24(32)28-20-8-4-6-18(12-20)14-26/h1-12H,15-16H2,(H,27,31)(H,28,32). The van der Waals surface area contributed by atoms with Gasteiger partial charge in [-0.3, -0.25) is 9.59 Å². The number of anilines is 4. The molecule has 1 aliphatic rings. The van der Waals surface area contributed by atoms with Crippen LogP contribution < -0.4 is 19.2 Å². The molecule has 1 aliphatic heterocycles. The first-order valence-corrected chi connectivity index (χ1v) is 11.7. The Labute approximate surface area is 201 Å². The number of nitriles is 2. The Hall–Kier alpha value is -4.87. The first kappa shape index (κ1) is 23.3. The summed E-state index contributed by atoms with van der Waals surface area (Å²) in [5, 5.41) is 23.2. The van der Waals surface area contributed by atoms with Gasteiger partial charge in [0.1, 0.15) is 13.1 Å². The molecule has 35 heavy (non-hydrogen) atoms. The van der Waals surface area contributed by atoms with Crippen LogP contribution in [0.5, 0.6) is 0 Å². The highest BCUT2D eigenvalue weighted by Crippen LogP contribution is 2.40. The molecule has 0 spiro atoms. The number of benzene rings is 3. The van der Waals surface area contributed by atoms with Gasteiger partial charge in [0.25, 0.3) is 0 Å². The zero-order chi connectivity index (χ0) is 25.0. The number of amides is 2. The number of rotatable bonds is 6. The van der Waals surface area contributed by atoms with E-state index in [1.807, 2.05) is 12.1 Å². The molecular weight excluding hydrogens is 468 g/mol. The summed E-state index contributed by atoms with van der Waals surface area (Å²) in [7, 11) is -4.25. The smallest absolute Gasteiger partial charge is 0.324 e. The van der Waals surface area contributed by atoms with E-state index >= 15 is 0 Å². The molecule has 174 valence electrons. The van der Waals surface area contributed by atoms with Crippen LogP contribution in [0, 0.1) is 22.7 Å². The Balaban J connectivity index is 1.53. The highest BCUT2D eigenvalue weighted by molar-refractivity contribution is 7.94. The van der Waals surface area contributed by atoms with Crippen LogP contribution >= 0.6 is 0 Å². The summed E-state index contributed by atoms with van der Waals surface area (Å²) in [6.07, 6.45) is 0. The molecule has 0 radical (unpaired) electrons. The van der Waals surface area contributed by atoms with E-state index in [4.69, 9.17) is 10.5 Å². The molecule has 3 aromatic rings. The number of carbonyl (C=O) groups excluding carboxylic acids is 2. The lowest BCUT2D eigenvalue weighted by molar-refractivity contribution is -0.115. The molecule has 0 unspecified atom stereocenters. The van der Waals surface area contributed by atoms with Crippen LogP contribution in [0.4, 0.5) is 22.7 Å². The van der Waals surface area contributed by atoms with Crippen LogP contribution in [0.25, 0.3) is 0 Å². The van der Waals surface area contributed by atoms with Gasteiger partial charge >= 0.3 is 10.2 Å². The minimum Gasteiger partial charge on any atom is -0.324 e. The summed E-state index contributed by atoms with van der Waals surface area (Å²) in [4.78, 5) is 25.3. The molecule has 0 atom stereocenters. The van der Waals surface area contributed by atoms with Gasteiger partial charge in [0.05, 0.1) is 34.6 Å². The molecule has 0 saturated heterocycles. The van der Waals surface area contributed by atoms with Crippen LogP contribution in [0.3, 0.4) is 0 Å². The molecule has 0 saturated carbocycles. The summed E-state index contributed by atoms with van der Waals surface area (Å²) in [5.74, 6) is -1.23. The van der Waals surface area contributed by atoms with Crippen LogP contribution in [0.2, 0.25) is 0 Å². The maximum absolute atomic E-state index is 13.3. The third kappa shape index (κ3) is 4.90. The fourth-order valence-corrected chi connectivity index (χ4v) is 5.19. The van der Waals surface area contributed by atoms with Gasteiger partial charge in [0.2, 0.25) is 11.8 Å². The molecule has 3 aromatic carbocycles. The maximum Gasteiger partial charge on any atom is 0.327 e. The van der Waals surface area contributed by atoms with Gasteiger partial charge in [0, 0.05) is 11.4 Å². The van der Waals surface area contributed by atoms with Gasteiger partial charge < -0.3 is 10.6 Å². The van der Waals surface area contributed by atoms with Crippen molar-refractivity contribution >= 4 is 44.8 Å². The highest BCUT2D eigenvalue weighted by Gasteiger charge is 2.42. The third-order valence-electron chi connectivity index (χ3n) is 5.10. The van der Waals surface area contributed by atoms with Crippen molar-refractivity contribution in [3.05, 3.63) is 83.9 Å². The molecule has 0 aromatic heterocycles. The quantitative estimate of drug-likeness (QED) is 0.547. The van der Waals surface area contributed by atoms with Crippen LogP contribution in [0.1, 0.15) is 11.1 Å². The first-order chi connectivity index (χ1) is 16.8. The van der Waals surface area contributed by atoms with Gasteiger partial charge in [-0.05, 0) is 48.5 Å². The number of para-hydroxylation sites is 2. The molecule has 0 fully saturated rings. The molecule has 2 amide bonds. The number of fused-ring (bicyclic) bond motifs is 1. The molecule has 1 heterocycles. The third-order valence-corrected chi connectivity index (χ3v) is 6.87. The van der Waals surface area contributed by atoms with E-state index in [1.165, 1.54) is 12.1 Å². The lowest BCUT2D eigenvalue weighted by atomic mass is 10.2. The van der Waals surface area contributed by atoms with Gasteiger partial charge in [0.15, 0.2) is 0 Å². The average Bonchev–Trinajstić information content (AvgIpc) is 3.05. The zero-order valence-corrected chi connectivity index (χ0v) is 19.0. The second-order valence-electron chi connectivity index (χ2n) is 7.49. The topological polar surface area (TPSA) is 146 Å². The molecule has 2 N–H and O–H groups in total. The second-order valence-corrected chi connectivity index (χ2v) is 9.27. The number of carbonyl (C=O) groups is 2. The molecule has 10 nitrogen and oxygen atoms in total. The first-order valence-electron chi connectivity index (χ1n) is 10.3. The Morgan fingerprint density at radius 3 is 1.54 bits per heavy atom. The van der Waals surface area contributed by atoms with E-state index in [-0.39, 0.29) is 11.4 Å². The summed E-state index contributed by atoms with van der Waals surface area (Å²) >= 11 is 0. The van der Waals surface area contributed by atoms with E-state index in [0.717, 1.165) is 8.61 Å². The van der Waals surface area contributed by atoms with Gasteiger partial charge in [-0.15, -0.1) is 0 Å². The van der Waals surface area contributed by atoms with Crippen molar-refractivity contribution in [3.63, 3.8) is 0 Å². The SMILES string of the molecule is N#Cc1cccc(NC(=O)CN2c3ccccc3N(CC(=O)Nc3cccc(C#N)c3)S2(=O)=O)c1. The van der Waals surface area contributed by atoms with E-state index in [2.05, 4.69) is 10.6 Å².